The van der Waals surface area contributed by atoms with Crippen molar-refractivity contribution >= 4 is 0 Å². The van der Waals surface area contributed by atoms with Crippen LogP contribution in [0.25, 0.3) is 0 Å². The third-order valence-corrected chi connectivity index (χ3v) is 1.15. The van der Waals surface area contributed by atoms with Crippen molar-refractivity contribution in [3.05, 3.63) is 23.3 Å². The van der Waals surface area contributed by atoms with Crippen LogP contribution >= 0.6 is 0 Å². The number of allylic oxidation sites excluding steroid dienone is 4. The molecule has 0 heteroatoms. The highest BCUT2D eigenvalue weighted by atomic mass is 13.7. The van der Waals surface area contributed by atoms with Crippen molar-refractivity contribution in [2.75, 3.05) is 0 Å². The lowest BCUT2D eigenvalue weighted by Crippen LogP contribution is -1.52. The number of rotatable bonds is 0. The van der Waals surface area contributed by atoms with Crippen LogP contribution in [-0.4, -0.2) is 0 Å². The molecule has 0 unspecified atom stereocenters. The fourth-order valence-electron chi connectivity index (χ4n) is 0. The van der Waals surface area contributed by atoms with Crippen LogP contribution in [-0.2, 0) is 0 Å². The Morgan fingerprint density at radius 1 is 0.700 bits per heavy atom. The van der Waals surface area contributed by atoms with Gasteiger partial charge in [0.05, 0.1) is 0 Å². The van der Waals surface area contributed by atoms with Gasteiger partial charge < -0.3 is 0 Å². The predicted molar refractivity (Wildman–Crippen MR) is 50.2 cm³/mol. The van der Waals surface area contributed by atoms with Crippen LogP contribution in [0.2, 0.25) is 0 Å². The lowest BCUT2D eigenvalue weighted by Gasteiger charge is -1.74. The third kappa shape index (κ3) is 25.9. The standard InChI is InChI=1S/2C5H10/c2*1-4-5(2)3/h2*4H,1-3H3. The van der Waals surface area contributed by atoms with Crippen LogP contribution in [0, 0.1) is 0 Å². The van der Waals surface area contributed by atoms with Crippen molar-refractivity contribution in [2.24, 2.45) is 0 Å². The van der Waals surface area contributed by atoms with Crippen LogP contribution in [0.4, 0.5) is 0 Å². The molecule has 0 aromatic carbocycles. The molecule has 0 rings (SSSR count). The van der Waals surface area contributed by atoms with Crippen molar-refractivity contribution in [1.29, 1.82) is 0 Å². The summed E-state index contributed by atoms with van der Waals surface area (Å²) >= 11 is 0. The van der Waals surface area contributed by atoms with Crippen LogP contribution in [0.1, 0.15) is 41.5 Å². The fourth-order valence-corrected chi connectivity index (χ4v) is 0. The van der Waals surface area contributed by atoms with Gasteiger partial charge in [0.25, 0.3) is 0 Å². The van der Waals surface area contributed by atoms with Crippen LogP contribution in [0.3, 0.4) is 0 Å². The molecule has 0 fully saturated rings. The molecule has 0 spiro atoms. The Hall–Kier alpha value is -0.520. The van der Waals surface area contributed by atoms with E-state index < -0.39 is 0 Å². The van der Waals surface area contributed by atoms with E-state index in [0.717, 1.165) is 0 Å². The predicted octanol–water partition coefficient (Wildman–Crippen LogP) is 3.95. The maximum Gasteiger partial charge on any atom is -0.0442 e. The molecule has 0 aliphatic carbocycles. The molecular weight excluding hydrogens is 120 g/mol. The molecule has 0 saturated carbocycles. The van der Waals surface area contributed by atoms with E-state index in [-0.39, 0.29) is 0 Å². The summed E-state index contributed by atoms with van der Waals surface area (Å²) in [5, 5.41) is 0. The lowest BCUT2D eigenvalue weighted by atomic mass is 10.3. The van der Waals surface area contributed by atoms with Crippen molar-refractivity contribution in [1.82, 2.24) is 0 Å². The van der Waals surface area contributed by atoms with Gasteiger partial charge in [-0.1, -0.05) is 23.3 Å². The summed E-state index contributed by atoms with van der Waals surface area (Å²) in [5.74, 6) is 0. The van der Waals surface area contributed by atoms with E-state index in [1.165, 1.54) is 11.1 Å². The number of hydrogen-bond donors (Lipinski definition) is 0. The summed E-state index contributed by atoms with van der Waals surface area (Å²) in [5.41, 5.74) is 2.76. The Kier molecular flexibility index (Phi) is 10.3. The minimum Gasteiger partial charge on any atom is -0.0890 e. The highest BCUT2D eigenvalue weighted by molar-refractivity contribution is 4.89. The zero-order chi connectivity index (χ0) is 8.57. The Morgan fingerprint density at radius 2 is 0.800 bits per heavy atom. The van der Waals surface area contributed by atoms with E-state index in [4.69, 9.17) is 0 Å². The maximum atomic E-state index is 2.08. The van der Waals surface area contributed by atoms with Gasteiger partial charge in [-0.05, 0) is 41.5 Å². The van der Waals surface area contributed by atoms with E-state index >= 15 is 0 Å². The van der Waals surface area contributed by atoms with Gasteiger partial charge in [-0.15, -0.1) is 0 Å². The summed E-state index contributed by atoms with van der Waals surface area (Å²) in [4.78, 5) is 0. The van der Waals surface area contributed by atoms with Gasteiger partial charge in [-0.2, -0.15) is 0 Å². The molecule has 0 aromatic rings. The largest absolute Gasteiger partial charge is 0.0890 e. The fraction of sp³-hybridized carbons (Fsp3) is 0.600. The van der Waals surface area contributed by atoms with Gasteiger partial charge >= 0.3 is 0 Å². The second kappa shape index (κ2) is 8.48. The van der Waals surface area contributed by atoms with E-state index in [1.807, 2.05) is 13.8 Å². The van der Waals surface area contributed by atoms with Gasteiger partial charge in [0.1, 0.15) is 0 Å². The van der Waals surface area contributed by atoms with Gasteiger partial charge in [0, 0.05) is 0 Å². The summed E-state index contributed by atoms with van der Waals surface area (Å²) in [6.45, 7) is 12.4. The van der Waals surface area contributed by atoms with E-state index in [9.17, 15) is 0 Å². The molecule has 0 atom stereocenters. The Bertz CT molecular complexity index is 92.0. The zero-order valence-corrected chi connectivity index (χ0v) is 8.15. The van der Waals surface area contributed by atoms with Crippen molar-refractivity contribution in [3.63, 3.8) is 0 Å². The first kappa shape index (κ1) is 12.2. The molecule has 60 valence electrons. The molecule has 0 aliphatic heterocycles. The maximum absolute atomic E-state index is 2.08. The third-order valence-electron chi connectivity index (χ3n) is 1.15. The Labute approximate surface area is 65.7 Å². The molecule has 10 heavy (non-hydrogen) atoms. The van der Waals surface area contributed by atoms with E-state index in [0.29, 0.717) is 0 Å². The van der Waals surface area contributed by atoms with Crippen LogP contribution < -0.4 is 0 Å². The molecule has 0 amide bonds. The molecule has 0 saturated heterocycles. The van der Waals surface area contributed by atoms with Crippen LogP contribution in [0.15, 0.2) is 23.3 Å². The molecule has 0 bridgehead atoms. The molecule has 0 nitrogen and oxygen atoms in total. The molecule has 0 N–H and O–H groups in total. The van der Waals surface area contributed by atoms with Gasteiger partial charge in [0.2, 0.25) is 0 Å². The monoisotopic (exact) mass is 140 g/mol. The summed E-state index contributed by atoms with van der Waals surface area (Å²) in [6, 6.07) is 0. The van der Waals surface area contributed by atoms with Gasteiger partial charge in [0.15, 0.2) is 0 Å². The first-order valence-electron chi connectivity index (χ1n) is 3.73. The molecule has 0 aliphatic rings. The van der Waals surface area contributed by atoms with E-state index in [1.54, 1.807) is 0 Å². The Morgan fingerprint density at radius 3 is 0.800 bits per heavy atom. The van der Waals surface area contributed by atoms with Crippen LogP contribution in [0.5, 0.6) is 0 Å². The quantitative estimate of drug-likeness (QED) is 0.447. The molecular formula is C10H20. The minimum absolute atomic E-state index is 1.38. The normalized spacial score (nSPS) is 7.00. The average molecular weight is 140 g/mol. The first-order valence-corrected chi connectivity index (χ1v) is 3.73. The zero-order valence-electron chi connectivity index (χ0n) is 8.15. The summed E-state index contributed by atoms with van der Waals surface area (Å²) < 4.78 is 0. The first-order chi connectivity index (χ1) is 4.54. The summed E-state index contributed by atoms with van der Waals surface area (Å²) in [6.07, 6.45) is 4.17. The smallest absolute Gasteiger partial charge is 0.0442 e. The van der Waals surface area contributed by atoms with E-state index in [2.05, 4.69) is 39.8 Å². The van der Waals surface area contributed by atoms with Gasteiger partial charge in [-0.25, -0.2) is 0 Å². The molecule has 0 aromatic heterocycles. The van der Waals surface area contributed by atoms with Crippen molar-refractivity contribution < 1.29 is 0 Å². The second-order valence-electron chi connectivity index (χ2n) is 2.73. The number of hydrogen-bond acceptors (Lipinski definition) is 0. The minimum atomic E-state index is 1.38. The Balaban J connectivity index is 0. The van der Waals surface area contributed by atoms with Crippen molar-refractivity contribution in [3.8, 4) is 0 Å². The molecule has 0 radical (unpaired) electrons. The average Bonchev–Trinajstić information content (AvgIpc) is 1.89. The second-order valence-corrected chi connectivity index (χ2v) is 2.73. The lowest BCUT2D eigenvalue weighted by molar-refractivity contribution is 1.36. The molecule has 0 heterocycles. The topological polar surface area (TPSA) is 0 Å². The highest BCUT2D eigenvalue weighted by Crippen LogP contribution is 1.82. The highest BCUT2D eigenvalue weighted by Gasteiger charge is 1.61. The van der Waals surface area contributed by atoms with Gasteiger partial charge in [-0.3, -0.25) is 0 Å². The van der Waals surface area contributed by atoms with Crippen molar-refractivity contribution in [2.45, 2.75) is 41.5 Å². The SMILES string of the molecule is CC=C(C)C.CC=C(C)C. The summed E-state index contributed by atoms with van der Waals surface area (Å²) in [7, 11) is 0.